The van der Waals surface area contributed by atoms with Crippen molar-refractivity contribution in [2.75, 3.05) is 12.4 Å². The zero-order valence-electron chi connectivity index (χ0n) is 16.8. The monoisotopic (exact) mass is 438 g/mol. The molecule has 1 heterocycles. The van der Waals surface area contributed by atoms with Crippen molar-refractivity contribution in [1.82, 2.24) is 4.57 Å². The van der Waals surface area contributed by atoms with Gasteiger partial charge in [-0.1, -0.05) is 30.3 Å². The minimum atomic E-state index is -4.53. The SMILES string of the molecule is COc1cccc(-n2cc(C(=O)Nc3cccc(C(F)(F)F)c3)c3ccccc3c2=O)c1. The molecule has 0 aliphatic carbocycles. The number of fused-ring (bicyclic) bond motifs is 1. The molecule has 0 unspecified atom stereocenters. The Labute approximate surface area is 180 Å². The summed E-state index contributed by atoms with van der Waals surface area (Å²) in [6.07, 6.45) is -3.16. The molecule has 1 aromatic heterocycles. The number of benzene rings is 3. The van der Waals surface area contributed by atoms with Crippen LogP contribution in [0.5, 0.6) is 5.75 Å². The van der Waals surface area contributed by atoms with Crippen LogP contribution in [0.15, 0.2) is 83.8 Å². The van der Waals surface area contributed by atoms with Crippen LogP contribution in [0.25, 0.3) is 16.5 Å². The van der Waals surface area contributed by atoms with Gasteiger partial charge in [-0.05, 0) is 36.4 Å². The summed E-state index contributed by atoms with van der Waals surface area (Å²) in [5.41, 5.74) is -0.604. The first-order chi connectivity index (χ1) is 15.3. The maximum atomic E-state index is 13.1. The molecule has 4 aromatic rings. The predicted octanol–water partition coefficient (Wildman–Crippen LogP) is 5.27. The predicted molar refractivity (Wildman–Crippen MR) is 115 cm³/mol. The van der Waals surface area contributed by atoms with Gasteiger partial charge in [0.2, 0.25) is 0 Å². The third-order valence-electron chi connectivity index (χ3n) is 4.95. The maximum Gasteiger partial charge on any atom is 0.416 e. The van der Waals surface area contributed by atoms with Gasteiger partial charge in [0.15, 0.2) is 0 Å². The van der Waals surface area contributed by atoms with E-state index in [4.69, 9.17) is 4.74 Å². The quantitative estimate of drug-likeness (QED) is 0.472. The van der Waals surface area contributed by atoms with E-state index in [-0.39, 0.29) is 16.8 Å². The molecule has 3 aromatic carbocycles. The zero-order chi connectivity index (χ0) is 22.9. The number of nitrogens with one attached hydrogen (secondary N) is 1. The number of carbonyl (C=O) groups excluding carboxylic acids is 1. The summed E-state index contributed by atoms with van der Waals surface area (Å²) in [6.45, 7) is 0. The van der Waals surface area contributed by atoms with Crippen LogP contribution in [0.2, 0.25) is 0 Å². The van der Waals surface area contributed by atoms with Gasteiger partial charge in [-0.3, -0.25) is 14.2 Å². The molecule has 0 aliphatic heterocycles. The van der Waals surface area contributed by atoms with Gasteiger partial charge in [0.05, 0.1) is 23.9 Å². The fourth-order valence-corrected chi connectivity index (χ4v) is 3.40. The Morgan fingerprint density at radius 3 is 2.38 bits per heavy atom. The highest BCUT2D eigenvalue weighted by Crippen LogP contribution is 2.31. The molecular weight excluding hydrogens is 421 g/mol. The number of pyridine rings is 1. The van der Waals surface area contributed by atoms with E-state index in [0.717, 1.165) is 12.1 Å². The average molecular weight is 438 g/mol. The van der Waals surface area contributed by atoms with Crippen LogP contribution >= 0.6 is 0 Å². The van der Waals surface area contributed by atoms with E-state index in [1.54, 1.807) is 48.5 Å². The van der Waals surface area contributed by atoms with Crippen LogP contribution in [-0.4, -0.2) is 17.6 Å². The Hall–Kier alpha value is -4.07. The second-order valence-electron chi connectivity index (χ2n) is 7.00. The molecular formula is C24H17F3N2O3. The number of methoxy groups -OCH3 is 1. The third kappa shape index (κ3) is 4.07. The molecule has 8 heteroatoms. The molecule has 5 nitrogen and oxygen atoms in total. The molecule has 0 fully saturated rings. The average Bonchev–Trinajstić information content (AvgIpc) is 2.79. The molecule has 0 atom stereocenters. The van der Waals surface area contributed by atoms with E-state index >= 15 is 0 Å². The summed E-state index contributed by atoms with van der Waals surface area (Å²) in [5, 5.41) is 3.19. The standard InChI is InChI=1S/C24H17F3N2O3/c1-32-18-9-5-8-17(13-18)29-14-21(19-10-2-3-11-20(19)23(29)31)22(30)28-16-7-4-6-15(12-16)24(25,26)27/h2-14H,1H3,(H,28,30). The van der Waals surface area contributed by atoms with Gasteiger partial charge in [-0.15, -0.1) is 0 Å². The normalized spacial score (nSPS) is 11.4. The van der Waals surface area contributed by atoms with Crippen molar-refractivity contribution >= 4 is 22.4 Å². The number of aromatic nitrogens is 1. The van der Waals surface area contributed by atoms with Crippen LogP contribution in [0, 0.1) is 0 Å². The Morgan fingerprint density at radius 2 is 1.66 bits per heavy atom. The van der Waals surface area contributed by atoms with Gasteiger partial charge < -0.3 is 10.1 Å². The molecule has 0 aliphatic rings. The highest BCUT2D eigenvalue weighted by molar-refractivity contribution is 6.12. The van der Waals surface area contributed by atoms with Crippen LogP contribution in [0.3, 0.4) is 0 Å². The second-order valence-corrected chi connectivity index (χ2v) is 7.00. The number of halogens is 3. The van der Waals surface area contributed by atoms with E-state index in [0.29, 0.717) is 22.2 Å². The van der Waals surface area contributed by atoms with Crippen molar-refractivity contribution in [2.45, 2.75) is 6.18 Å². The Kier molecular flexibility index (Phi) is 5.44. The van der Waals surface area contributed by atoms with Gasteiger partial charge in [0, 0.05) is 28.7 Å². The molecule has 0 radical (unpaired) electrons. The number of amides is 1. The first-order valence-corrected chi connectivity index (χ1v) is 9.55. The number of alkyl halides is 3. The molecule has 32 heavy (non-hydrogen) atoms. The van der Waals surface area contributed by atoms with Gasteiger partial charge >= 0.3 is 6.18 Å². The molecule has 1 amide bonds. The lowest BCUT2D eigenvalue weighted by Crippen LogP contribution is -2.22. The number of hydrogen-bond acceptors (Lipinski definition) is 3. The Bertz CT molecular complexity index is 1380. The van der Waals surface area contributed by atoms with E-state index in [1.165, 1.54) is 30.0 Å². The Morgan fingerprint density at radius 1 is 0.938 bits per heavy atom. The molecule has 162 valence electrons. The number of anilines is 1. The summed E-state index contributed by atoms with van der Waals surface area (Å²) >= 11 is 0. The summed E-state index contributed by atoms with van der Waals surface area (Å²) in [5.74, 6) is -0.116. The number of carbonyl (C=O) groups is 1. The minimum Gasteiger partial charge on any atom is -0.497 e. The largest absolute Gasteiger partial charge is 0.497 e. The third-order valence-corrected chi connectivity index (χ3v) is 4.95. The van der Waals surface area contributed by atoms with Crippen molar-refractivity contribution in [3.8, 4) is 11.4 Å². The lowest BCUT2D eigenvalue weighted by Gasteiger charge is -2.14. The van der Waals surface area contributed by atoms with Crippen molar-refractivity contribution in [3.05, 3.63) is 100 Å². The molecule has 4 rings (SSSR count). The number of hydrogen-bond donors (Lipinski definition) is 1. The van der Waals surface area contributed by atoms with E-state index in [1.807, 2.05) is 0 Å². The number of rotatable bonds is 4. The molecule has 0 spiro atoms. The molecule has 1 N–H and O–H groups in total. The van der Waals surface area contributed by atoms with Crippen molar-refractivity contribution < 1.29 is 22.7 Å². The van der Waals surface area contributed by atoms with E-state index < -0.39 is 17.6 Å². The smallest absolute Gasteiger partial charge is 0.416 e. The number of nitrogens with zero attached hydrogens (tertiary/aromatic N) is 1. The molecule has 0 saturated carbocycles. The van der Waals surface area contributed by atoms with Crippen LogP contribution in [-0.2, 0) is 6.18 Å². The summed E-state index contributed by atoms with van der Waals surface area (Å²) in [6, 6.07) is 17.7. The summed E-state index contributed by atoms with van der Waals surface area (Å²) < 4.78 is 45.6. The maximum absolute atomic E-state index is 13.1. The first kappa shape index (κ1) is 21.2. The fourth-order valence-electron chi connectivity index (χ4n) is 3.40. The molecule has 0 saturated heterocycles. The van der Waals surface area contributed by atoms with Crippen LogP contribution in [0.4, 0.5) is 18.9 Å². The number of ether oxygens (including phenoxy) is 1. The zero-order valence-corrected chi connectivity index (χ0v) is 16.8. The lowest BCUT2D eigenvalue weighted by atomic mass is 10.1. The second kappa shape index (κ2) is 8.22. The minimum absolute atomic E-state index is 0.00645. The Balaban J connectivity index is 1.82. The highest BCUT2D eigenvalue weighted by atomic mass is 19.4. The van der Waals surface area contributed by atoms with Crippen molar-refractivity contribution in [2.24, 2.45) is 0 Å². The van der Waals surface area contributed by atoms with Gasteiger partial charge in [0.1, 0.15) is 5.75 Å². The summed E-state index contributed by atoms with van der Waals surface area (Å²) in [4.78, 5) is 26.2. The van der Waals surface area contributed by atoms with E-state index in [2.05, 4.69) is 5.32 Å². The topological polar surface area (TPSA) is 60.3 Å². The van der Waals surface area contributed by atoms with Crippen molar-refractivity contribution in [1.29, 1.82) is 0 Å². The van der Waals surface area contributed by atoms with Gasteiger partial charge in [-0.25, -0.2) is 0 Å². The summed E-state index contributed by atoms with van der Waals surface area (Å²) in [7, 11) is 1.50. The van der Waals surface area contributed by atoms with Crippen LogP contribution < -0.4 is 15.6 Å². The van der Waals surface area contributed by atoms with Crippen molar-refractivity contribution in [3.63, 3.8) is 0 Å². The van der Waals surface area contributed by atoms with Crippen LogP contribution in [0.1, 0.15) is 15.9 Å². The molecule has 0 bridgehead atoms. The highest BCUT2D eigenvalue weighted by Gasteiger charge is 2.30. The van der Waals surface area contributed by atoms with Gasteiger partial charge in [-0.2, -0.15) is 13.2 Å². The van der Waals surface area contributed by atoms with E-state index in [9.17, 15) is 22.8 Å². The first-order valence-electron chi connectivity index (χ1n) is 9.55. The van der Waals surface area contributed by atoms with Gasteiger partial charge in [0.25, 0.3) is 11.5 Å². The fraction of sp³-hybridized carbons (Fsp3) is 0.0833. The lowest BCUT2D eigenvalue weighted by molar-refractivity contribution is -0.137.